The molecule has 0 aromatic carbocycles. The van der Waals surface area contributed by atoms with Crippen molar-refractivity contribution in [3.63, 3.8) is 0 Å². The van der Waals surface area contributed by atoms with Gasteiger partial charge in [0, 0.05) is 17.9 Å². The Morgan fingerprint density at radius 3 is 3.20 bits per heavy atom. The van der Waals surface area contributed by atoms with Crippen molar-refractivity contribution >= 4 is 11.6 Å². The minimum atomic E-state index is -0.0862. The van der Waals surface area contributed by atoms with Crippen molar-refractivity contribution in [1.82, 2.24) is 25.2 Å². The fourth-order valence-electron chi connectivity index (χ4n) is 2.59. The summed E-state index contributed by atoms with van der Waals surface area (Å²) in [4.78, 5) is 16.8. The molecule has 2 aromatic heterocycles. The summed E-state index contributed by atoms with van der Waals surface area (Å²) in [6, 6.07) is 2.08. The number of piperidine rings is 1. The molecule has 3 heterocycles. The fraction of sp³-hybridized carbons (Fsp3) is 0.500. The summed E-state index contributed by atoms with van der Waals surface area (Å²) in [7, 11) is 0. The smallest absolute Gasteiger partial charge is 0.256 e. The lowest BCUT2D eigenvalue weighted by molar-refractivity contribution is 0.0915. The molecule has 1 aliphatic rings. The highest BCUT2D eigenvalue weighted by atomic mass is 16.1. The van der Waals surface area contributed by atoms with E-state index in [2.05, 4.69) is 27.6 Å². The molecule has 0 radical (unpaired) electrons. The van der Waals surface area contributed by atoms with Crippen LogP contribution in [0.15, 0.2) is 18.5 Å². The zero-order valence-electron chi connectivity index (χ0n) is 11.8. The van der Waals surface area contributed by atoms with E-state index in [9.17, 15) is 4.79 Å². The number of nitrogens with one attached hydrogen (secondary N) is 2. The Morgan fingerprint density at radius 2 is 2.40 bits per heavy atom. The van der Waals surface area contributed by atoms with Crippen LogP contribution >= 0.6 is 0 Å². The summed E-state index contributed by atoms with van der Waals surface area (Å²) < 4.78 is 1.63. The molecule has 6 nitrogen and oxygen atoms in total. The van der Waals surface area contributed by atoms with Crippen LogP contribution in [0, 0.1) is 12.8 Å². The maximum Gasteiger partial charge on any atom is 0.256 e. The molecule has 2 unspecified atom stereocenters. The van der Waals surface area contributed by atoms with Crippen molar-refractivity contribution in [2.24, 2.45) is 5.92 Å². The molecule has 1 aliphatic heterocycles. The van der Waals surface area contributed by atoms with Crippen LogP contribution in [0.1, 0.15) is 29.4 Å². The maximum absolute atomic E-state index is 12.4. The third kappa shape index (κ3) is 2.38. The number of hydrogen-bond acceptors (Lipinski definition) is 4. The van der Waals surface area contributed by atoms with Crippen molar-refractivity contribution in [2.75, 3.05) is 13.1 Å². The molecule has 1 amide bonds. The lowest BCUT2D eigenvalue weighted by Gasteiger charge is -2.30. The Morgan fingerprint density at radius 1 is 1.55 bits per heavy atom. The molecule has 6 heteroatoms. The highest BCUT2D eigenvalue weighted by molar-refractivity contribution is 5.99. The molecule has 0 spiro atoms. The van der Waals surface area contributed by atoms with Crippen molar-refractivity contribution < 1.29 is 4.79 Å². The van der Waals surface area contributed by atoms with Crippen LogP contribution in [-0.4, -0.2) is 39.6 Å². The summed E-state index contributed by atoms with van der Waals surface area (Å²) in [5, 5.41) is 10.6. The fourth-order valence-corrected chi connectivity index (χ4v) is 2.59. The zero-order chi connectivity index (χ0) is 14.1. The van der Waals surface area contributed by atoms with E-state index in [1.165, 1.54) is 0 Å². The predicted molar refractivity (Wildman–Crippen MR) is 75.6 cm³/mol. The van der Waals surface area contributed by atoms with E-state index in [0.717, 1.165) is 25.2 Å². The van der Waals surface area contributed by atoms with Gasteiger partial charge in [-0.2, -0.15) is 5.10 Å². The molecular weight excluding hydrogens is 254 g/mol. The van der Waals surface area contributed by atoms with Crippen LogP contribution in [0.4, 0.5) is 0 Å². The average Bonchev–Trinajstić information content (AvgIpc) is 2.84. The van der Waals surface area contributed by atoms with E-state index in [0.29, 0.717) is 17.1 Å². The number of fused-ring (bicyclic) bond motifs is 1. The molecule has 2 aromatic rings. The third-order valence-corrected chi connectivity index (χ3v) is 3.85. The second-order valence-electron chi connectivity index (χ2n) is 5.45. The molecule has 2 N–H and O–H groups in total. The molecule has 1 saturated heterocycles. The van der Waals surface area contributed by atoms with Gasteiger partial charge in [0.1, 0.15) is 5.56 Å². The molecule has 20 heavy (non-hydrogen) atoms. The predicted octanol–water partition coefficient (Wildman–Crippen LogP) is 0.766. The Bertz CT molecular complexity index is 636. The van der Waals surface area contributed by atoms with Gasteiger partial charge in [-0.3, -0.25) is 4.79 Å². The van der Waals surface area contributed by atoms with Gasteiger partial charge in [0.05, 0.1) is 6.20 Å². The molecule has 3 rings (SSSR count). The van der Waals surface area contributed by atoms with Gasteiger partial charge in [-0.05, 0) is 38.4 Å². The lowest BCUT2D eigenvalue weighted by atomic mass is 9.95. The first-order chi connectivity index (χ1) is 9.65. The molecule has 1 fully saturated rings. The topological polar surface area (TPSA) is 71.3 Å². The van der Waals surface area contributed by atoms with Crippen molar-refractivity contribution in [2.45, 2.75) is 26.3 Å². The van der Waals surface area contributed by atoms with E-state index in [1.807, 2.05) is 19.2 Å². The minimum Gasteiger partial charge on any atom is -0.349 e. The number of rotatable bonds is 2. The number of hydrogen-bond donors (Lipinski definition) is 2. The van der Waals surface area contributed by atoms with Crippen molar-refractivity contribution in [3.8, 4) is 0 Å². The minimum absolute atomic E-state index is 0.0862. The van der Waals surface area contributed by atoms with Crippen LogP contribution in [0.5, 0.6) is 0 Å². The van der Waals surface area contributed by atoms with Crippen LogP contribution in [-0.2, 0) is 0 Å². The van der Waals surface area contributed by atoms with E-state index >= 15 is 0 Å². The largest absolute Gasteiger partial charge is 0.349 e. The molecule has 0 bridgehead atoms. The number of aryl methyl sites for hydroxylation is 1. The van der Waals surface area contributed by atoms with Gasteiger partial charge >= 0.3 is 0 Å². The highest BCUT2D eigenvalue weighted by Crippen LogP contribution is 2.13. The second kappa shape index (κ2) is 5.20. The van der Waals surface area contributed by atoms with Gasteiger partial charge in [-0.25, -0.2) is 9.50 Å². The van der Waals surface area contributed by atoms with E-state index < -0.39 is 0 Å². The number of aromatic nitrogens is 3. The summed E-state index contributed by atoms with van der Waals surface area (Å²) in [6.45, 7) is 5.94. The van der Waals surface area contributed by atoms with Crippen molar-refractivity contribution in [1.29, 1.82) is 0 Å². The Labute approximate surface area is 117 Å². The molecule has 106 valence electrons. The summed E-state index contributed by atoms with van der Waals surface area (Å²) >= 11 is 0. The van der Waals surface area contributed by atoms with Gasteiger partial charge < -0.3 is 10.6 Å². The Hall–Kier alpha value is -1.95. The first kappa shape index (κ1) is 13.1. The maximum atomic E-state index is 12.4. The molecule has 0 saturated carbocycles. The second-order valence-corrected chi connectivity index (χ2v) is 5.45. The number of carbonyl (C=O) groups excluding carboxylic acids is 1. The quantitative estimate of drug-likeness (QED) is 0.847. The zero-order valence-corrected chi connectivity index (χ0v) is 11.8. The van der Waals surface area contributed by atoms with Crippen LogP contribution in [0.3, 0.4) is 0 Å². The SMILES string of the molecule is Cc1ccn2ncc(C(=O)NC3CCNCC3C)c2n1. The van der Waals surface area contributed by atoms with Crippen LogP contribution < -0.4 is 10.6 Å². The third-order valence-electron chi connectivity index (χ3n) is 3.85. The van der Waals surface area contributed by atoms with Gasteiger partial charge in [0.25, 0.3) is 5.91 Å². The van der Waals surface area contributed by atoms with Gasteiger partial charge in [-0.15, -0.1) is 0 Å². The normalized spacial score (nSPS) is 22.9. The number of carbonyl (C=O) groups is 1. The van der Waals surface area contributed by atoms with Gasteiger partial charge in [0.2, 0.25) is 0 Å². The average molecular weight is 273 g/mol. The van der Waals surface area contributed by atoms with E-state index in [-0.39, 0.29) is 11.9 Å². The van der Waals surface area contributed by atoms with Gasteiger partial charge in [-0.1, -0.05) is 6.92 Å². The number of nitrogens with zero attached hydrogens (tertiary/aromatic N) is 3. The Kier molecular flexibility index (Phi) is 3.40. The molecular formula is C14H19N5O. The lowest BCUT2D eigenvalue weighted by Crippen LogP contribution is -2.48. The summed E-state index contributed by atoms with van der Waals surface area (Å²) in [6.07, 6.45) is 4.36. The number of amides is 1. The first-order valence-electron chi connectivity index (χ1n) is 6.97. The van der Waals surface area contributed by atoms with Gasteiger partial charge in [0.15, 0.2) is 5.65 Å². The highest BCUT2D eigenvalue weighted by Gasteiger charge is 2.24. The van der Waals surface area contributed by atoms with E-state index in [4.69, 9.17) is 0 Å². The summed E-state index contributed by atoms with van der Waals surface area (Å²) in [5.74, 6) is 0.348. The monoisotopic (exact) mass is 273 g/mol. The standard InChI is InChI=1S/C14H19N5O/c1-9-7-15-5-3-12(9)18-14(20)11-8-16-19-6-4-10(2)17-13(11)19/h4,6,8-9,12,15H,3,5,7H2,1-2H3,(H,18,20). The first-order valence-corrected chi connectivity index (χ1v) is 6.97. The van der Waals surface area contributed by atoms with Crippen LogP contribution in [0.2, 0.25) is 0 Å². The molecule has 2 atom stereocenters. The van der Waals surface area contributed by atoms with Crippen molar-refractivity contribution in [3.05, 3.63) is 29.7 Å². The van der Waals surface area contributed by atoms with Crippen LogP contribution in [0.25, 0.3) is 5.65 Å². The summed E-state index contributed by atoms with van der Waals surface area (Å²) in [5.41, 5.74) is 2.03. The molecule has 0 aliphatic carbocycles. The van der Waals surface area contributed by atoms with E-state index in [1.54, 1.807) is 10.7 Å². The Balaban J connectivity index is 1.83.